The molecule has 0 aromatic heterocycles. The van der Waals surface area contributed by atoms with Crippen LogP contribution in [0.1, 0.15) is 20.3 Å². The summed E-state index contributed by atoms with van der Waals surface area (Å²) < 4.78 is 0. The topological polar surface area (TPSA) is 40.5 Å². The minimum atomic E-state index is -0.737. The average molecular weight is 195 g/mol. The molecule has 0 radical (unpaired) electrons. The van der Waals surface area contributed by atoms with Crippen molar-refractivity contribution < 1.29 is 9.90 Å². The van der Waals surface area contributed by atoms with Crippen molar-refractivity contribution in [2.45, 2.75) is 26.3 Å². The van der Waals surface area contributed by atoms with Gasteiger partial charge in [0, 0.05) is 12.7 Å². The van der Waals surface area contributed by atoms with Gasteiger partial charge in [-0.25, -0.2) is 4.79 Å². The first kappa shape index (κ1) is 10.8. The fraction of sp³-hybridized carbons (Fsp3) is 0.545. The molecule has 0 amide bonds. The molecule has 0 saturated carbocycles. The SMILES string of the molecule is CC(C)C[C@@H](C(=O)O)N1C=CC=CC1. The highest BCUT2D eigenvalue weighted by Gasteiger charge is 2.23. The van der Waals surface area contributed by atoms with Crippen LogP contribution in [0.15, 0.2) is 24.4 Å². The van der Waals surface area contributed by atoms with Crippen molar-refractivity contribution in [2.75, 3.05) is 6.54 Å². The first-order valence-electron chi connectivity index (χ1n) is 4.93. The van der Waals surface area contributed by atoms with Gasteiger partial charge in [0.15, 0.2) is 0 Å². The van der Waals surface area contributed by atoms with Crippen LogP contribution in [0.5, 0.6) is 0 Å². The van der Waals surface area contributed by atoms with E-state index in [4.69, 9.17) is 5.11 Å². The maximum absolute atomic E-state index is 11.0. The lowest BCUT2D eigenvalue weighted by Crippen LogP contribution is -2.39. The molecule has 1 rings (SSSR count). The summed E-state index contributed by atoms with van der Waals surface area (Å²) >= 11 is 0. The van der Waals surface area contributed by atoms with E-state index < -0.39 is 12.0 Å². The van der Waals surface area contributed by atoms with Crippen LogP contribution in [-0.2, 0) is 4.79 Å². The minimum Gasteiger partial charge on any atom is -0.480 e. The molecule has 78 valence electrons. The normalized spacial score (nSPS) is 17.5. The van der Waals surface area contributed by atoms with Crippen molar-refractivity contribution >= 4 is 5.97 Å². The second kappa shape index (κ2) is 4.84. The van der Waals surface area contributed by atoms with Crippen molar-refractivity contribution in [3.63, 3.8) is 0 Å². The van der Waals surface area contributed by atoms with E-state index in [9.17, 15) is 4.79 Å². The summed E-state index contributed by atoms with van der Waals surface area (Å²) in [5.41, 5.74) is 0. The second-order valence-electron chi connectivity index (χ2n) is 3.95. The lowest BCUT2D eigenvalue weighted by atomic mass is 10.0. The molecule has 1 aliphatic heterocycles. The van der Waals surface area contributed by atoms with Crippen molar-refractivity contribution in [3.05, 3.63) is 24.4 Å². The number of carboxylic acid groups (broad SMARTS) is 1. The predicted molar refractivity (Wildman–Crippen MR) is 55.9 cm³/mol. The number of aliphatic carboxylic acids is 1. The molecule has 1 aliphatic rings. The molecular formula is C11H17NO2. The average Bonchev–Trinajstić information content (AvgIpc) is 2.15. The molecule has 0 fully saturated rings. The van der Waals surface area contributed by atoms with Crippen LogP contribution in [0.3, 0.4) is 0 Å². The Morgan fingerprint density at radius 3 is 2.64 bits per heavy atom. The molecule has 0 aliphatic carbocycles. The van der Waals surface area contributed by atoms with E-state index in [0.29, 0.717) is 18.9 Å². The molecule has 14 heavy (non-hydrogen) atoms. The quantitative estimate of drug-likeness (QED) is 0.744. The third-order valence-corrected chi connectivity index (χ3v) is 2.22. The van der Waals surface area contributed by atoms with Gasteiger partial charge in [-0.2, -0.15) is 0 Å². The van der Waals surface area contributed by atoms with Crippen molar-refractivity contribution in [1.82, 2.24) is 4.90 Å². The molecule has 1 atom stereocenters. The molecule has 0 saturated heterocycles. The molecule has 3 heteroatoms. The van der Waals surface area contributed by atoms with Gasteiger partial charge in [-0.05, 0) is 18.4 Å². The molecule has 3 nitrogen and oxygen atoms in total. The molecule has 0 aromatic carbocycles. The maximum atomic E-state index is 11.0. The van der Waals surface area contributed by atoms with E-state index in [2.05, 4.69) is 0 Å². The Labute approximate surface area is 84.7 Å². The third kappa shape index (κ3) is 2.91. The van der Waals surface area contributed by atoms with Gasteiger partial charge in [0.25, 0.3) is 0 Å². The Balaban J connectivity index is 2.62. The number of carbonyl (C=O) groups is 1. The molecular weight excluding hydrogens is 178 g/mol. The second-order valence-corrected chi connectivity index (χ2v) is 3.95. The number of hydrogen-bond acceptors (Lipinski definition) is 2. The van der Waals surface area contributed by atoms with E-state index in [1.807, 2.05) is 43.2 Å². The van der Waals surface area contributed by atoms with Crippen molar-refractivity contribution in [2.24, 2.45) is 5.92 Å². The summed E-state index contributed by atoms with van der Waals surface area (Å²) in [4.78, 5) is 12.9. The fourth-order valence-corrected chi connectivity index (χ4v) is 1.54. The molecule has 0 bridgehead atoms. The standard InChI is InChI=1S/C11H17NO2/c1-9(2)8-10(11(13)14)12-6-4-3-5-7-12/h3-6,9-10H,7-8H2,1-2H3,(H,13,14)/t10-/m0/s1. The van der Waals surface area contributed by atoms with E-state index in [1.54, 1.807) is 0 Å². The number of nitrogens with zero attached hydrogens (tertiary/aromatic N) is 1. The Morgan fingerprint density at radius 2 is 2.21 bits per heavy atom. The first-order chi connectivity index (χ1) is 6.61. The lowest BCUT2D eigenvalue weighted by Gasteiger charge is -2.28. The zero-order valence-corrected chi connectivity index (χ0v) is 8.68. The van der Waals surface area contributed by atoms with Crippen LogP contribution in [0.2, 0.25) is 0 Å². The van der Waals surface area contributed by atoms with E-state index in [0.717, 1.165) is 0 Å². The van der Waals surface area contributed by atoms with Crippen LogP contribution in [0, 0.1) is 5.92 Å². The highest BCUT2D eigenvalue weighted by atomic mass is 16.4. The first-order valence-corrected chi connectivity index (χ1v) is 4.93. The van der Waals surface area contributed by atoms with Gasteiger partial charge >= 0.3 is 5.97 Å². The van der Waals surface area contributed by atoms with Gasteiger partial charge in [0.2, 0.25) is 0 Å². The Morgan fingerprint density at radius 1 is 1.50 bits per heavy atom. The molecule has 0 spiro atoms. The van der Waals surface area contributed by atoms with Gasteiger partial charge in [-0.3, -0.25) is 0 Å². The number of carboxylic acids is 1. The largest absolute Gasteiger partial charge is 0.480 e. The summed E-state index contributed by atoms with van der Waals surface area (Å²) in [6.07, 6.45) is 8.31. The number of allylic oxidation sites excluding steroid dienone is 2. The lowest BCUT2D eigenvalue weighted by molar-refractivity contribution is -0.142. The van der Waals surface area contributed by atoms with Crippen LogP contribution in [0.25, 0.3) is 0 Å². The van der Waals surface area contributed by atoms with Crippen LogP contribution in [0.4, 0.5) is 0 Å². The summed E-state index contributed by atoms with van der Waals surface area (Å²) in [5.74, 6) is -0.339. The maximum Gasteiger partial charge on any atom is 0.326 e. The van der Waals surface area contributed by atoms with E-state index in [-0.39, 0.29) is 0 Å². The molecule has 0 aromatic rings. The summed E-state index contributed by atoms with van der Waals surface area (Å²) in [7, 11) is 0. The molecule has 1 N–H and O–H groups in total. The minimum absolute atomic E-state index is 0.392. The smallest absolute Gasteiger partial charge is 0.326 e. The van der Waals surface area contributed by atoms with Crippen molar-refractivity contribution in [1.29, 1.82) is 0 Å². The predicted octanol–water partition coefficient (Wildman–Crippen LogP) is 1.87. The van der Waals surface area contributed by atoms with Crippen LogP contribution in [-0.4, -0.2) is 28.6 Å². The van der Waals surface area contributed by atoms with Gasteiger partial charge in [0.05, 0.1) is 0 Å². The Bertz CT molecular complexity index is 256. The highest BCUT2D eigenvalue weighted by molar-refractivity contribution is 5.73. The van der Waals surface area contributed by atoms with Gasteiger partial charge in [0.1, 0.15) is 6.04 Å². The molecule has 0 unspecified atom stereocenters. The number of rotatable bonds is 4. The van der Waals surface area contributed by atoms with Crippen LogP contribution >= 0.6 is 0 Å². The van der Waals surface area contributed by atoms with Gasteiger partial charge < -0.3 is 10.0 Å². The zero-order chi connectivity index (χ0) is 10.6. The summed E-state index contributed by atoms with van der Waals surface area (Å²) in [6.45, 7) is 4.78. The Kier molecular flexibility index (Phi) is 3.74. The number of hydrogen-bond donors (Lipinski definition) is 1. The van der Waals surface area contributed by atoms with Gasteiger partial charge in [-0.15, -0.1) is 0 Å². The van der Waals surface area contributed by atoms with Crippen molar-refractivity contribution in [3.8, 4) is 0 Å². The Hall–Kier alpha value is -1.25. The fourth-order valence-electron chi connectivity index (χ4n) is 1.54. The van der Waals surface area contributed by atoms with E-state index in [1.165, 1.54) is 0 Å². The molecule has 1 heterocycles. The van der Waals surface area contributed by atoms with Gasteiger partial charge in [-0.1, -0.05) is 26.0 Å². The highest BCUT2D eigenvalue weighted by Crippen LogP contribution is 2.14. The third-order valence-electron chi connectivity index (χ3n) is 2.22. The summed E-state index contributed by atoms with van der Waals surface area (Å²) in [5, 5.41) is 9.07. The monoisotopic (exact) mass is 195 g/mol. The van der Waals surface area contributed by atoms with Crippen LogP contribution < -0.4 is 0 Å². The zero-order valence-electron chi connectivity index (χ0n) is 8.68. The van der Waals surface area contributed by atoms with E-state index >= 15 is 0 Å². The summed E-state index contributed by atoms with van der Waals surface area (Å²) in [6, 6.07) is -0.392.